The van der Waals surface area contributed by atoms with Crippen molar-refractivity contribution in [2.24, 2.45) is 0 Å². The number of anilines is 1. The molecule has 0 spiro atoms. The maximum Gasteiger partial charge on any atom is 0.443 e. The number of hydrogen-bond donors (Lipinski definition) is 1. The van der Waals surface area contributed by atoms with Crippen LogP contribution in [0.25, 0.3) is 0 Å². The van der Waals surface area contributed by atoms with Crippen LogP contribution in [0.5, 0.6) is 5.75 Å². The summed E-state index contributed by atoms with van der Waals surface area (Å²) in [6.45, 7) is 7.50. The Morgan fingerprint density at radius 1 is 1.42 bits per heavy atom. The summed E-state index contributed by atoms with van der Waals surface area (Å²) in [7, 11) is 0. The van der Waals surface area contributed by atoms with Gasteiger partial charge in [-0.15, -0.1) is 5.06 Å². The van der Waals surface area contributed by atoms with Crippen LogP contribution in [0.2, 0.25) is 5.02 Å². The summed E-state index contributed by atoms with van der Waals surface area (Å²) in [4.78, 5) is 17.3. The summed E-state index contributed by atoms with van der Waals surface area (Å²) in [5, 5.41) is 1.49. The van der Waals surface area contributed by atoms with Crippen molar-refractivity contribution in [1.29, 1.82) is 0 Å². The van der Waals surface area contributed by atoms with Crippen LogP contribution in [-0.2, 0) is 4.74 Å². The van der Waals surface area contributed by atoms with Gasteiger partial charge in [-0.3, -0.25) is 0 Å². The van der Waals surface area contributed by atoms with E-state index < -0.39 is 11.7 Å². The molecule has 0 unspecified atom stereocenters. The molecule has 0 aliphatic rings. The van der Waals surface area contributed by atoms with E-state index in [1.165, 1.54) is 0 Å². The van der Waals surface area contributed by atoms with Crippen LogP contribution in [0.1, 0.15) is 27.7 Å². The molecule has 0 heterocycles. The molecule has 1 aromatic rings. The number of nitrogens with zero attached hydrogens (tertiary/aromatic N) is 1. The van der Waals surface area contributed by atoms with Crippen molar-refractivity contribution in [2.45, 2.75) is 33.3 Å². The maximum atomic E-state index is 11.9. The molecule has 0 atom stereocenters. The second kappa shape index (κ2) is 6.02. The van der Waals surface area contributed by atoms with E-state index in [2.05, 4.69) is 0 Å². The van der Waals surface area contributed by atoms with Crippen LogP contribution in [0.4, 0.5) is 10.5 Å². The van der Waals surface area contributed by atoms with Crippen LogP contribution in [-0.4, -0.2) is 23.3 Å². The molecule has 0 aromatic heterocycles. The number of ether oxygens (including phenoxy) is 1. The van der Waals surface area contributed by atoms with Gasteiger partial charge in [0.15, 0.2) is 5.75 Å². The number of carbonyl (C=O) groups is 1. The number of benzene rings is 1. The molecule has 0 aliphatic carbocycles. The van der Waals surface area contributed by atoms with Crippen molar-refractivity contribution >= 4 is 23.4 Å². The van der Waals surface area contributed by atoms with E-state index >= 15 is 0 Å². The standard InChI is InChI=1S/C13H19ClN2O3/c1-5-16(12(17)18-13(2,3)4)19-9-6-7-11(15)10(14)8-9/h6-8H,5,15H2,1-4H3. The molecule has 0 radical (unpaired) electrons. The number of halogens is 1. The lowest BCUT2D eigenvalue weighted by molar-refractivity contribution is -0.0693. The van der Waals surface area contributed by atoms with Gasteiger partial charge in [0, 0.05) is 6.07 Å². The lowest BCUT2D eigenvalue weighted by atomic mass is 10.2. The Bertz CT molecular complexity index is 458. The van der Waals surface area contributed by atoms with Crippen molar-refractivity contribution in [2.75, 3.05) is 12.3 Å². The Kier molecular flexibility index (Phi) is 4.89. The minimum atomic E-state index is -0.577. The number of nitrogen functional groups attached to an aromatic ring is 1. The van der Waals surface area contributed by atoms with Crippen LogP contribution in [0.3, 0.4) is 0 Å². The third-order valence-corrected chi connectivity index (χ3v) is 2.40. The van der Waals surface area contributed by atoms with Gasteiger partial charge in [0.05, 0.1) is 17.3 Å². The first kappa shape index (κ1) is 15.4. The Balaban J connectivity index is 2.76. The summed E-state index contributed by atoms with van der Waals surface area (Å²) >= 11 is 5.89. The SMILES string of the molecule is CCN(Oc1ccc(N)c(Cl)c1)C(=O)OC(C)(C)C. The fourth-order valence-corrected chi connectivity index (χ4v) is 1.41. The molecule has 1 aromatic carbocycles. The number of amides is 1. The van der Waals surface area contributed by atoms with Gasteiger partial charge >= 0.3 is 6.09 Å². The molecule has 106 valence electrons. The third-order valence-electron chi connectivity index (χ3n) is 2.07. The van der Waals surface area contributed by atoms with Gasteiger partial charge in [0.1, 0.15) is 5.60 Å². The fourth-order valence-electron chi connectivity index (χ4n) is 1.24. The quantitative estimate of drug-likeness (QED) is 0.682. The van der Waals surface area contributed by atoms with E-state index in [9.17, 15) is 4.79 Å². The average Bonchev–Trinajstić information content (AvgIpc) is 2.28. The summed E-state index contributed by atoms with van der Waals surface area (Å²) in [6.07, 6.45) is -0.553. The van der Waals surface area contributed by atoms with Crippen LogP contribution >= 0.6 is 11.6 Å². The van der Waals surface area contributed by atoms with E-state index in [1.54, 1.807) is 45.9 Å². The van der Waals surface area contributed by atoms with E-state index in [4.69, 9.17) is 26.9 Å². The Morgan fingerprint density at radius 2 is 2.05 bits per heavy atom. The first-order valence-corrected chi connectivity index (χ1v) is 6.34. The molecule has 1 amide bonds. The molecule has 2 N–H and O–H groups in total. The van der Waals surface area contributed by atoms with Gasteiger partial charge in [0.25, 0.3) is 0 Å². The number of nitrogens with two attached hydrogens (primary N) is 1. The predicted molar refractivity (Wildman–Crippen MR) is 75.1 cm³/mol. The molecule has 0 fully saturated rings. The van der Waals surface area contributed by atoms with Gasteiger partial charge in [-0.1, -0.05) is 11.6 Å². The highest BCUT2D eigenvalue weighted by Gasteiger charge is 2.22. The maximum absolute atomic E-state index is 11.9. The molecule has 1 rings (SSSR count). The van der Waals surface area contributed by atoms with Gasteiger partial charge in [-0.05, 0) is 39.8 Å². The smallest absolute Gasteiger partial charge is 0.442 e. The Labute approximate surface area is 118 Å². The van der Waals surface area contributed by atoms with Gasteiger partial charge < -0.3 is 15.3 Å². The summed E-state index contributed by atoms with van der Waals surface area (Å²) < 4.78 is 5.22. The average molecular weight is 287 g/mol. The minimum Gasteiger partial charge on any atom is -0.442 e. The first-order valence-electron chi connectivity index (χ1n) is 5.96. The molecule has 19 heavy (non-hydrogen) atoms. The van der Waals surface area contributed by atoms with Crippen LogP contribution in [0.15, 0.2) is 18.2 Å². The van der Waals surface area contributed by atoms with Crippen LogP contribution in [0, 0.1) is 0 Å². The van der Waals surface area contributed by atoms with E-state index in [0.29, 0.717) is 23.0 Å². The van der Waals surface area contributed by atoms with Crippen molar-refractivity contribution < 1.29 is 14.4 Å². The van der Waals surface area contributed by atoms with E-state index in [-0.39, 0.29) is 0 Å². The molecule has 0 bridgehead atoms. The van der Waals surface area contributed by atoms with Crippen LogP contribution < -0.4 is 10.6 Å². The lowest BCUT2D eigenvalue weighted by Gasteiger charge is -2.26. The minimum absolute atomic E-state index is 0.344. The monoisotopic (exact) mass is 286 g/mol. The summed E-state index contributed by atoms with van der Waals surface area (Å²) in [5.74, 6) is 0.423. The first-order chi connectivity index (χ1) is 8.73. The summed E-state index contributed by atoms with van der Waals surface area (Å²) in [5.41, 5.74) is 5.48. The number of carbonyl (C=O) groups excluding carboxylic acids is 1. The molecular formula is C13H19ClN2O3. The molecule has 0 saturated carbocycles. The van der Waals surface area contributed by atoms with Crippen molar-refractivity contribution in [1.82, 2.24) is 5.06 Å². The molecule has 6 heteroatoms. The molecule has 0 saturated heterocycles. The highest BCUT2D eigenvalue weighted by molar-refractivity contribution is 6.33. The van der Waals surface area contributed by atoms with Crippen molar-refractivity contribution in [3.8, 4) is 5.75 Å². The van der Waals surface area contributed by atoms with E-state index in [0.717, 1.165) is 5.06 Å². The summed E-state index contributed by atoms with van der Waals surface area (Å²) in [6, 6.07) is 4.79. The second-order valence-corrected chi connectivity index (χ2v) is 5.36. The zero-order valence-corrected chi connectivity index (χ0v) is 12.3. The second-order valence-electron chi connectivity index (χ2n) is 4.95. The largest absolute Gasteiger partial charge is 0.443 e. The zero-order chi connectivity index (χ0) is 14.6. The molecular weight excluding hydrogens is 268 g/mol. The highest BCUT2D eigenvalue weighted by atomic mass is 35.5. The van der Waals surface area contributed by atoms with Gasteiger partial charge in [-0.25, -0.2) is 4.79 Å². The van der Waals surface area contributed by atoms with E-state index in [1.807, 2.05) is 0 Å². The zero-order valence-electron chi connectivity index (χ0n) is 11.6. The highest BCUT2D eigenvalue weighted by Crippen LogP contribution is 2.25. The number of hydroxylamine groups is 2. The Morgan fingerprint density at radius 3 is 2.53 bits per heavy atom. The third kappa shape index (κ3) is 4.87. The normalized spacial score (nSPS) is 11.0. The number of hydrogen-bond acceptors (Lipinski definition) is 4. The Hall–Kier alpha value is -1.62. The number of rotatable bonds is 3. The lowest BCUT2D eigenvalue weighted by Crippen LogP contribution is -2.38. The van der Waals surface area contributed by atoms with Crippen molar-refractivity contribution in [3.05, 3.63) is 23.2 Å². The molecule has 5 nitrogen and oxygen atoms in total. The fraction of sp³-hybridized carbons (Fsp3) is 0.462. The topological polar surface area (TPSA) is 64.8 Å². The van der Waals surface area contributed by atoms with Gasteiger partial charge in [0.2, 0.25) is 0 Å². The van der Waals surface area contributed by atoms with Crippen molar-refractivity contribution in [3.63, 3.8) is 0 Å². The molecule has 0 aliphatic heterocycles. The predicted octanol–water partition coefficient (Wildman–Crippen LogP) is 3.47. The van der Waals surface area contributed by atoms with Gasteiger partial charge in [-0.2, -0.15) is 0 Å².